The van der Waals surface area contributed by atoms with E-state index in [1.807, 2.05) is 6.92 Å². The molecule has 0 aliphatic heterocycles. The second kappa shape index (κ2) is 5.61. The zero-order chi connectivity index (χ0) is 14.7. The second-order valence-electron chi connectivity index (χ2n) is 4.38. The summed E-state index contributed by atoms with van der Waals surface area (Å²) in [7, 11) is 0. The van der Waals surface area contributed by atoms with Crippen LogP contribution in [-0.2, 0) is 0 Å². The summed E-state index contributed by atoms with van der Waals surface area (Å²) in [6.45, 7) is 2.22. The van der Waals surface area contributed by atoms with Crippen LogP contribution in [0.1, 0.15) is 17.3 Å². The Bertz CT molecular complexity index is 643. The van der Waals surface area contributed by atoms with Crippen LogP contribution in [0.5, 0.6) is 0 Å². The van der Waals surface area contributed by atoms with Gasteiger partial charge in [-0.1, -0.05) is 6.07 Å². The first-order chi connectivity index (χ1) is 9.52. The highest BCUT2D eigenvalue weighted by molar-refractivity contribution is 6.09. The molecular formula is C15H16FN3O. The highest BCUT2D eigenvalue weighted by Crippen LogP contribution is 2.22. The van der Waals surface area contributed by atoms with Gasteiger partial charge in [0.1, 0.15) is 5.82 Å². The minimum Gasteiger partial charge on any atom is -0.399 e. The molecule has 0 saturated carbocycles. The largest absolute Gasteiger partial charge is 0.399 e. The summed E-state index contributed by atoms with van der Waals surface area (Å²) in [6.07, 6.45) is 0. The molecule has 104 valence electrons. The Morgan fingerprint density at radius 1 is 1.20 bits per heavy atom. The van der Waals surface area contributed by atoms with Gasteiger partial charge < -0.3 is 16.4 Å². The third-order valence-electron chi connectivity index (χ3n) is 2.99. The van der Waals surface area contributed by atoms with Crippen molar-refractivity contribution < 1.29 is 9.18 Å². The number of carbonyl (C=O) groups excluding carboxylic acids is 1. The van der Waals surface area contributed by atoms with Crippen molar-refractivity contribution in [1.82, 2.24) is 0 Å². The fourth-order valence-electron chi connectivity index (χ4n) is 2.01. The number of rotatable bonds is 3. The summed E-state index contributed by atoms with van der Waals surface area (Å²) in [4.78, 5) is 14.0. The molecule has 0 bridgehead atoms. The standard InChI is InChI=1S/C15H16FN3O/c1-2-19(12-5-3-4-10(16)8-12)15(20)13-7-6-11(17)9-14(13)18/h3-9H,2,17-18H2,1H3. The molecule has 2 aromatic rings. The molecule has 0 aromatic heterocycles. The number of nitrogen functional groups attached to an aromatic ring is 2. The minimum atomic E-state index is -0.390. The van der Waals surface area contributed by atoms with E-state index >= 15 is 0 Å². The van der Waals surface area contributed by atoms with E-state index in [0.717, 1.165) is 0 Å². The zero-order valence-corrected chi connectivity index (χ0v) is 11.1. The quantitative estimate of drug-likeness (QED) is 0.844. The van der Waals surface area contributed by atoms with Crippen LogP contribution in [0.3, 0.4) is 0 Å². The summed E-state index contributed by atoms with van der Waals surface area (Å²) < 4.78 is 13.3. The number of halogens is 1. The molecule has 2 rings (SSSR count). The highest BCUT2D eigenvalue weighted by atomic mass is 19.1. The molecule has 2 aromatic carbocycles. The van der Waals surface area contributed by atoms with Crippen molar-refractivity contribution in [2.24, 2.45) is 0 Å². The lowest BCUT2D eigenvalue weighted by Gasteiger charge is -2.22. The summed E-state index contributed by atoms with van der Waals surface area (Å²) in [5.41, 5.74) is 13.1. The Morgan fingerprint density at radius 3 is 2.55 bits per heavy atom. The highest BCUT2D eigenvalue weighted by Gasteiger charge is 2.18. The van der Waals surface area contributed by atoms with Gasteiger partial charge >= 0.3 is 0 Å². The Kier molecular flexibility index (Phi) is 3.89. The summed E-state index contributed by atoms with van der Waals surface area (Å²) in [6, 6.07) is 10.6. The molecule has 0 unspecified atom stereocenters. The monoisotopic (exact) mass is 273 g/mol. The number of carbonyl (C=O) groups is 1. The van der Waals surface area contributed by atoms with E-state index in [-0.39, 0.29) is 11.7 Å². The van der Waals surface area contributed by atoms with E-state index in [1.165, 1.54) is 23.1 Å². The molecule has 0 saturated heterocycles. The molecule has 0 aliphatic carbocycles. The number of anilines is 3. The molecule has 4 N–H and O–H groups in total. The maximum Gasteiger partial charge on any atom is 0.260 e. The first-order valence-electron chi connectivity index (χ1n) is 6.25. The maximum atomic E-state index is 13.3. The number of amides is 1. The van der Waals surface area contributed by atoms with E-state index in [2.05, 4.69) is 0 Å². The smallest absolute Gasteiger partial charge is 0.260 e. The topological polar surface area (TPSA) is 72.3 Å². The van der Waals surface area contributed by atoms with E-state index in [1.54, 1.807) is 24.3 Å². The van der Waals surface area contributed by atoms with Crippen LogP contribution in [0.25, 0.3) is 0 Å². The average molecular weight is 273 g/mol. The van der Waals surface area contributed by atoms with Gasteiger partial charge in [0.05, 0.1) is 5.56 Å². The molecule has 4 nitrogen and oxygen atoms in total. The van der Waals surface area contributed by atoms with Crippen molar-refractivity contribution in [2.75, 3.05) is 22.9 Å². The molecule has 0 heterocycles. The van der Waals surface area contributed by atoms with Gasteiger partial charge in [-0.05, 0) is 43.3 Å². The van der Waals surface area contributed by atoms with Crippen LogP contribution in [-0.4, -0.2) is 12.5 Å². The van der Waals surface area contributed by atoms with Crippen LogP contribution >= 0.6 is 0 Å². The van der Waals surface area contributed by atoms with E-state index in [9.17, 15) is 9.18 Å². The summed E-state index contributed by atoms with van der Waals surface area (Å²) >= 11 is 0. The fourth-order valence-corrected chi connectivity index (χ4v) is 2.01. The van der Waals surface area contributed by atoms with Gasteiger partial charge in [-0.3, -0.25) is 4.79 Å². The Balaban J connectivity index is 2.39. The number of hydrogen-bond donors (Lipinski definition) is 2. The van der Waals surface area contributed by atoms with Gasteiger partial charge in [-0.15, -0.1) is 0 Å². The SMILES string of the molecule is CCN(C(=O)c1ccc(N)cc1N)c1cccc(F)c1. The van der Waals surface area contributed by atoms with Crippen LogP contribution < -0.4 is 16.4 Å². The normalized spacial score (nSPS) is 10.3. The number of nitrogens with zero attached hydrogens (tertiary/aromatic N) is 1. The first-order valence-corrected chi connectivity index (χ1v) is 6.25. The van der Waals surface area contributed by atoms with Crippen LogP contribution in [0.4, 0.5) is 21.5 Å². The predicted octanol–water partition coefficient (Wildman–Crippen LogP) is 2.66. The van der Waals surface area contributed by atoms with E-state index in [0.29, 0.717) is 29.2 Å². The lowest BCUT2D eigenvalue weighted by atomic mass is 10.1. The lowest BCUT2D eigenvalue weighted by Crippen LogP contribution is -2.31. The molecule has 0 spiro atoms. The first kappa shape index (κ1) is 13.9. The van der Waals surface area contributed by atoms with Gasteiger partial charge in [-0.2, -0.15) is 0 Å². The van der Waals surface area contributed by atoms with Gasteiger partial charge in [0.2, 0.25) is 0 Å². The average Bonchev–Trinajstić information content (AvgIpc) is 2.39. The Morgan fingerprint density at radius 2 is 1.95 bits per heavy atom. The Hall–Kier alpha value is -2.56. The fraction of sp³-hybridized carbons (Fsp3) is 0.133. The van der Waals surface area contributed by atoms with E-state index < -0.39 is 0 Å². The van der Waals surface area contributed by atoms with Gasteiger partial charge in [0, 0.05) is 23.6 Å². The third kappa shape index (κ3) is 2.71. The van der Waals surface area contributed by atoms with Crippen LogP contribution in [0.15, 0.2) is 42.5 Å². The van der Waals surface area contributed by atoms with Crippen molar-refractivity contribution >= 4 is 23.0 Å². The summed E-state index contributed by atoms with van der Waals surface area (Å²) in [5.74, 6) is -0.672. The van der Waals surface area contributed by atoms with Crippen LogP contribution in [0, 0.1) is 5.82 Å². The molecule has 20 heavy (non-hydrogen) atoms. The van der Waals surface area contributed by atoms with Crippen molar-refractivity contribution in [3.63, 3.8) is 0 Å². The maximum absolute atomic E-state index is 13.3. The Labute approximate surface area is 116 Å². The van der Waals surface area contributed by atoms with Gasteiger partial charge in [0.15, 0.2) is 0 Å². The molecule has 1 amide bonds. The molecule has 0 fully saturated rings. The third-order valence-corrected chi connectivity index (χ3v) is 2.99. The summed E-state index contributed by atoms with van der Waals surface area (Å²) in [5, 5.41) is 0. The van der Waals surface area contributed by atoms with Crippen molar-refractivity contribution in [3.05, 3.63) is 53.8 Å². The molecule has 0 atom stereocenters. The molecule has 5 heteroatoms. The zero-order valence-electron chi connectivity index (χ0n) is 11.1. The van der Waals surface area contributed by atoms with Crippen molar-refractivity contribution in [1.29, 1.82) is 0 Å². The molecular weight excluding hydrogens is 257 g/mol. The van der Waals surface area contributed by atoms with E-state index in [4.69, 9.17) is 11.5 Å². The van der Waals surface area contributed by atoms with Crippen molar-refractivity contribution in [3.8, 4) is 0 Å². The molecule has 0 aliphatic rings. The van der Waals surface area contributed by atoms with Gasteiger partial charge in [-0.25, -0.2) is 4.39 Å². The van der Waals surface area contributed by atoms with Crippen LogP contribution in [0.2, 0.25) is 0 Å². The van der Waals surface area contributed by atoms with Gasteiger partial charge in [0.25, 0.3) is 5.91 Å². The second-order valence-corrected chi connectivity index (χ2v) is 4.38. The number of benzene rings is 2. The number of hydrogen-bond acceptors (Lipinski definition) is 3. The lowest BCUT2D eigenvalue weighted by molar-refractivity contribution is 0.0989. The van der Waals surface area contributed by atoms with Crippen molar-refractivity contribution in [2.45, 2.75) is 6.92 Å². The number of nitrogens with two attached hydrogens (primary N) is 2. The molecule has 0 radical (unpaired) electrons. The predicted molar refractivity (Wildman–Crippen MR) is 79.0 cm³/mol. The minimum absolute atomic E-state index is 0.282.